The highest BCUT2D eigenvalue weighted by atomic mass is 16.1. The maximum Gasteiger partial charge on any atom is 0.168 e. The number of aryl methyl sites for hydroxylation is 1. The van der Waals surface area contributed by atoms with Crippen molar-refractivity contribution in [2.45, 2.75) is 6.92 Å². The number of rotatable bonds is 2. The second-order valence-corrected chi connectivity index (χ2v) is 3.37. The quantitative estimate of drug-likeness (QED) is 0.712. The van der Waals surface area contributed by atoms with E-state index in [0.717, 1.165) is 12.0 Å². The number of carbonyl (C=O) groups is 1. The van der Waals surface area contributed by atoms with Gasteiger partial charge in [0, 0.05) is 0 Å². The molecule has 0 amide bonds. The lowest BCUT2D eigenvalue weighted by atomic mass is 10.2. The van der Waals surface area contributed by atoms with Crippen LogP contribution in [0.25, 0.3) is 5.69 Å². The van der Waals surface area contributed by atoms with Gasteiger partial charge in [-0.05, 0) is 25.1 Å². The number of benzene rings is 1. The van der Waals surface area contributed by atoms with Gasteiger partial charge in [-0.2, -0.15) is 10.4 Å². The third-order valence-corrected chi connectivity index (χ3v) is 2.23. The second-order valence-electron chi connectivity index (χ2n) is 3.37. The zero-order valence-corrected chi connectivity index (χ0v) is 8.71. The Morgan fingerprint density at radius 1 is 1.44 bits per heavy atom. The molecule has 0 aliphatic rings. The summed E-state index contributed by atoms with van der Waals surface area (Å²) in [6.07, 6.45) is 0.730. The SMILES string of the molecule is Cc1cc(C=O)n(-c2ccccc2C#N)n1. The molecule has 0 N–H and O–H groups in total. The normalized spacial score (nSPS) is 9.75. The third kappa shape index (κ3) is 1.59. The van der Waals surface area contributed by atoms with Crippen molar-refractivity contribution in [3.63, 3.8) is 0 Å². The van der Waals surface area contributed by atoms with Gasteiger partial charge in [0.2, 0.25) is 0 Å². The van der Waals surface area contributed by atoms with E-state index in [1.807, 2.05) is 6.07 Å². The molecule has 1 aromatic carbocycles. The lowest BCUT2D eigenvalue weighted by Crippen LogP contribution is -2.03. The number of para-hydroxylation sites is 1. The van der Waals surface area contributed by atoms with Gasteiger partial charge in [-0.1, -0.05) is 12.1 Å². The number of nitriles is 1. The summed E-state index contributed by atoms with van der Waals surface area (Å²) < 4.78 is 1.49. The summed E-state index contributed by atoms with van der Waals surface area (Å²) in [6, 6.07) is 10.8. The predicted octanol–water partition coefficient (Wildman–Crippen LogP) is 1.86. The van der Waals surface area contributed by atoms with Crippen LogP contribution in [0.3, 0.4) is 0 Å². The van der Waals surface area contributed by atoms with Gasteiger partial charge < -0.3 is 0 Å². The second kappa shape index (κ2) is 3.99. The topological polar surface area (TPSA) is 58.7 Å². The van der Waals surface area contributed by atoms with Crippen LogP contribution < -0.4 is 0 Å². The predicted molar refractivity (Wildman–Crippen MR) is 58.4 cm³/mol. The zero-order valence-electron chi connectivity index (χ0n) is 8.71. The van der Waals surface area contributed by atoms with E-state index in [-0.39, 0.29) is 0 Å². The molecule has 0 atom stereocenters. The number of aldehydes is 1. The summed E-state index contributed by atoms with van der Waals surface area (Å²) in [4.78, 5) is 10.9. The molecule has 78 valence electrons. The zero-order chi connectivity index (χ0) is 11.5. The molecule has 0 unspecified atom stereocenters. The molecule has 16 heavy (non-hydrogen) atoms. The van der Waals surface area contributed by atoms with E-state index in [4.69, 9.17) is 5.26 Å². The lowest BCUT2D eigenvalue weighted by molar-refractivity contribution is 0.111. The highest BCUT2D eigenvalue weighted by Crippen LogP contribution is 2.15. The molecule has 0 saturated heterocycles. The van der Waals surface area contributed by atoms with Gasteiger partial charge >= 0.3 is 0 Å². The standard InChI is InChI=1S/C12H9N3O/c1-9-6-11(8-16)15(14-9)12-5-3-2-4-10(12)7-13/h2-6,8H,1H3. The number of aromatic nitrogens is 2. The van der Waals surface area contributed by atoms with E-state index in [1.54, 1.807) is 31.2 Å². The number of hydrogen-bond donors (Lipinski definition) is 0. The van der Waals surface area contributed by atoms with Crippen molar-refractivity contribution in [1.29, 1.82) is 5.26 Å². The largest absolute Gasteiger partial charge is 0.296 e. The van der Waals surface area contributed by atoms with Gasteiger partial charge in [-0.15, -0.1) is 0 Å². The highest BCUT2D eigenvalue weighted by molar-refractivity contribution is 5.74. The van der Waals surface area contributed by atoms with Gasteiger partial charge in [-0.3, -0.25) is 4.79 Å². The molecule has 1 heterocycles. The Morgan fingerprint density at radius 2 is 2.19 bits per heavy atom. The van der Waals surface area contributed by atoms with Crippen molar-refractivity contribution >= 4 is 6.29 Å². The van der Waals surface area contributed by atoms with E-state index >= 15 is 0 Å². The molecule has 1 aromatic heterocycles. The van der Waals surface area contributed by atoms with Crippen molar-refractivity contribution in [1.82, 2.24) is 9.78 Å². The van der Waals surface area contributed by atoms with E-state index < -0.39 is 0 Å². The fourth-order valence-electron chi connectivity index (χ4n) is 1.55. The minimum Gasteiger partial charge on any atom is -0.296 e. The first-order valence-corrected chi connectivity index (χ1v) is 4.77. The Hall–Kier alpha value is -2.41. The molecule has 4 heteroatoms. The molecule has 2 rings (SSSR count). The maximum atomic E-state index is 10.9. The van der Waals surface area contributed by atoms with Crippen LogP contribution >= 0.6 is 0 Å². The van der Waals surface area contributed by atoms with Gasteiger partial charge in [-0.25, -0.2) is 4.68 Å². The molecule has 2 aromatic rings. The van der Waals surface area contributed by atoms with Gasteiger partial charge in [0.15, 0.2) is 6.29 Å². The van der Waals surface area contributed by atoms with Gasteiger partial charge in [0.1, 0.15) is 11.8 Å². The van der Waals surface area contributed by atoms with Crippen molar-refractivity contribution in [3.05, 3.63) is 47.3 Å². The molecule has 0 bridgehead atoms. The Labute approximate surface area is 92.7 Å². The van der Waals surface area contributed by atoms with Crippen LogP contribution in [0, 0.1) is 18.3 Å². The van der Waals surface area contributed by atoms with Crippen LogP contribution in [0.1, 0.15) is 21.7 Å². The third-order valence-electron chi connectivity index (χ3n) is 2.23. The minimum atomic E-state index is 0.445. The van der Waals surface area contributed by atoms with Crippen LogP contribution in [0.15, 0.2) is 30.3 Å². The first kappa shape index (κ1) is 10.1. The van der Waals surface area contributed by atoms with E-state index in [2.05, 4.69) is 11.2 Å². The lowest BCUT2D eigenvalue weighted by Gasteiger charge is -2.04. The molecule has 0 aliphatic heterocycles. The minimum absolute atomic E-state index is 0.445. The number of hydrogen-bond acceptors (Lipinski definition) is 3. The summed E-state index contributed by atoms with van der Waals surface area (Å²) in [5, 5.41) is 13.2. The fraction of sp³-hybridized carbons (Fsp3) is 0.0833. The van der Waals surface area contributed by atoms with E-state index in [0.29, 0.717) is 16.9 Å². The van der Waals surface area contributed by atoms with Crippen molar-refractivity contribution in [2.24, 2.45) is 0 Å². The monoisotopic (exact) mass is 211 g/mol. The molecular formula is C12H9N3O. The van der Waals surface area contributed by atoms with Crippen LogP contribution in [-0.4, -0.2) is 16.1 Å². The van der Waals surface area contributed by atoms with Crippen LogP contribution in [0.5, 0.6) is 0 Å². The highest BCUT2D eigenvalue weighted by Gasteiger charge is 2.09. The Kier molecular flexibility index (Phi) is 2.52. The van der Waals surface area contributed by atoms with Gasteiger partial charge in [0.05, 0.1) is 16.9 Å². The summed E-state index contributed by atoms with van der Waals surface area (Å²) in [6.45, 7) is 1.80. The first-order chi connectivity index (χ1) is 7.76. The Bertz CT molecular complexity index is 578. The number of nitrogens with zero attached hydrogens (tertiary/aromatic N) is 3. The van der Waals surface area contributed by atoms with Crippen molar-refractivity contribution in [2.75, 3.05) is 0 Å². The molecular weight excluding hydrogens is 202 g/mol. The molecule has 0 saturated carbocycles. The summed E-state index contributed by atoms with van der Waals surface area (Å²) in [5.41, 5.74) is 2.31. The maximum absolute atomic E-state index is 10.9. The van der Waals surface area contributed by atoms with Crippen molar-refractivity contribution in [3.8, 4) is 11.8 Å². The van der Waals surface area contributed by atoms with Crippen LogP contribution in [0.4, 0.5) is 0 Å². The fourth-order valence-corrected chi connectivity index (χ4v) is 1.55. The van der Waals surface area contributed by atoms with E-state index in [9.17, 15) is 4.79 Å². The molecule has 0 aliphatic carbocycles. The van der Waals surface area contributed by atoms with Crippen LogP contribution in [-0.2, 0) is 0 Å². The Morgan fingerprint density at radius 3 is 2.88 bits per heavy atom. The average Bonchev–Trinajstić information content (AvgIpc) is 2.70. The van der Waals surface area contributed by atoms with Crippen LogP contribution in [0.2, 0.25) is 0 Å². The average molecular weight is 211 g/mol. The molecule has 0 spiro atoms. The van der Waals surface area contributed by atoms with Crippen molar-refractivity contribution < 1.29 is 4.79 Å². The smallest absolute Gasteiger partial charge is 0.168 e. The summed E-state index contributed by atoms with van der Waals surface area (Å²) in [5.74, 6) is 0. The van der Waals surface area contributed by atoms with Gasteiger partial charge in [0.25, 0.3) is 0 Å². The first-order valence-electron chi connectivity index (χ1n) is 4.77. The molecule has 0 radical (unpaired) electrons. The Balaban J connectivity index is 2.67. The number of carbonyl (C=O) groups excluding carboxylic acids is 1. The summed E-state index contributed by atoms with van der Waals surface area (Å²) >= 11 is 0. The summed E-state index contributed by atoms with van der Waals surface area (Å²) in [7, 11) is 0. The molecule has 4 nitrogen and oxygen atoms in total. The van der Waals surface area contributed by atoms with E-state index in [1.165, 1.54) is 4.68 Å². The molecule has 0 fully saturated rings.